The minimum absolute atomic E-state index is 1.06. The molecule has 2 nitrogen and oxygen atoms in total. The van der Waals surface area contributed by atoms with Crippen molar-refractivity contribution in [2.45, 2.75) is 0 Å². The number of hydrogen-bond acceptors (Lipinski definition) is 1. The molecule has 0 spiro atoms. The van der Waals surface area contributed by atoms with Gasteiger partial charge in [0, 0.05) is 33.2 Å². The molecule has 0 radical (unpaired) electrons. The molecule has 0 aliphatic rings. The third-order valence-electron chi connectivity index (χ3n) is 3.03. The van der Waals surface area contributed by atoms with E-state index in [1.54, 1.807) is 0 Å². The van der Waals surface area contributed by atoms with E-state index < -0.39 is 0 Å². The Kier molecular flexibility index (Phi) is 3.79. The third-order valence-corrected chi connectivity index (χ3v) is 3.52. The number of halogens is 1. The molecule has 4 rings (SSSR count). The molecule has 0 fully saturated rings. The van der Waals surface area contributed by atoms with Crippen LogP contribution < -0.4 is 0 Å². The predicted molar refractivity (Wildman–Crippen MR) is 87.7 cm³/mol. The average Bonchev–Trinajstić information content (AvgIpc) is 2.95. The Hall–Kier alpha value is -2.13. The van der Waals surface area contributed by atoms with Gasteiger partial charge in [-0.1, -0.05) is 40.2 Å². The molecule has 3 heteroatoms. The van der Waals surface area contributed by atoms with E-state index in [-0.39, 0.29) is 0 Å². The molecule has 0 aliphatic carbocycles. The Morgan fingerprint density at radius 1 is 0.850 bits per heavy atom. The van der Waals surface area contributed by atoms with Gasteiger partial charge in [-0.15, -0.1) is 0 Å². The minimum Gasteiger partial charge on any atom is -0.361 e. The molecule has 2 heterocycles. The smallest absolute Gasteiger partial charge is 0.0701 e. The quantitative estimate of drug-likeness (QED) is 0.475. The normalized spacial score (nSPS) is 10.2. The molecule has 1 N–H and O–H groups in total. The van der Waals surface area contributed by atoms with Crippen molar-refractivity contribution in [3.63, 3.8) is 0 Å². The van der Waals surface area contributed by atoms with Gasteiger partial charge in [-0.2, -0.15) is 0 Å². The van der Waals surface area contributed by atoms with Crippen molar-refractivity contribution in [2.24, 2.45) is 0 Å². The van der Waals surface area contributed by atoms with E-state index >= 15 is 0 Å². The van der Waals surface area contributed by atoms with Crippen LogP contribution in [0.15, 0.2) is 77.5 Å². The molecule has 2 aromatic carbocycles. The Bertz CT molecular complexity index is 771. The van der Waals surface area contributed by atoms with Crippen molar-refractivity contribution in [3.8, 4) is 0 Å². The summed E-state index contributed by atoms with van der Waals surface area (Å²) in [7, 11) is 0. The highest BCUT2D eigenvalue weighted by Gasteiger charge is 1.92. The number of pyridine rings is 1. The standard InChI is InChI=1S/C9H7N.C8H6BrN/c1-2-6-9-8(4-1)5-3-7-10-9;9-7-1-2-8-6(5-7)3-4-10-8/h1-7H;1-5,10H. The van der Waals surface area contributed by atoms with Gasteiger partial charge in [0.1, 0.15) is 0 Å². The number of aromatic amines is 1. The number of H-pyrrole nitrogens is 1. The second kappa shape index (κ2) is 5.88. The third kappa shape index (κ3) is 2.89. The molecule has 0 bridgehead atoms. The Balaban J connectivity index is 0.000000121. The topological polar surface area (TPSA) is 28.7 Å². The maximum Gasteiger partial charge on any atom is 0.0701 e. The Morgan fingerprint density at radius 2 is 1.70 bits per heavy atom. The minimum atomic E-state index is 1.06. The summed E-state index contributed by atoms with van der Waals surface area (Å²) in [6.45, 7) is 0. The van der Waals surface area contributed by atoms with Crippen molar-refractivity contribution in [1.29, 1.82) is 0 Å². The second-order valence-electron chi connectivity index (χ2n) is 4.41. The van der Waals surface area contributed by atoms with E-state index in [1.165, 1.54) is 16.3 Å². The first kappa shape index (κ1) is 12.9. The number of nitrogens with zero attached hydrogens (tertiary/aromatic N) is 1. The van der Waals surface area contributed by atoms with Crippen LogP contribution in [-0.4, -0.2) is 9.97 Å². The lowest BCUT2D eigenvalue weighted by Crippen LogP contribution is -1.73. The molecular formula is C17H13BrN2. The lowest BCUT2D eigenvalue weighted by Gasteiger charge is -1.91. The van der Waals surface area contributed by atoms with Gasteiger partial charge >= 0.3 is 0 Å². The first-order valence-electron chi connectivity index (χ1n) is 6.35. The molecule has 0 saturated heterocycles. The van der Waals surface area contributed by atoms with E-state index in [1.807, 2.05) is 42.7 Å². The number of benzene rings is 2. The fraction of sp³-hybridized carbons (Fsp3) is 0. The summed E-state index contributed by atoms with van der Waals surface area (Å²) in [6, 6.07) is 20.3. The fourth-order valence-corrected chi connectivity index (χ4v) is 2.42. The van der Waals surface area contributed by atoms with Gasteiger partial charge in [-0.25, -0.2) is 0 Å². The van der Waals surface area contributed by atoms with Gasteiger partial charge < -0.3 is 4.98 Å². The van der Waals surface area contributed by atoms with E-state index in [4.69, 9.17) is 0 Å². The van der Waals surface area contributed by atoms with Crippen LogP contribution in [0.3, 0.4) is 0 Å². The molecule has 0 atom stereocenters. The van der Waals surface area contributed by atoms with Crippen LogP contribution in [0, 0.1) is 0 Å². The SMILES string of the molecule is Brc1ccc2[nH]ccc2c1.c1ccc2ncccc2c1. The Labute approximate surface area is 125 Å². The summed E-state index contributed by atoms with van der Waals surface area (Å²) >= 11 is 3.40. The largest absolute Gasteiger partial charge is 0.361 e. The molecule has 2 aromatic heterocycles. The number of nitrogens with one attached hydrogen (secondary N) is 1. The van der Waals surface area contributed by atoms with Crippen LogP contribution in [0.5, 0.6) is 0 Å². The van der Waals surface area contributed by atoms with Crippen molar-refractivity contribution >= 4 is 37.7 Å². The van der Waals surface area contributed by atoms with Gasteiger partial charge in [-0.3, -0.25) is 4.98 Å². The summed E-state index contributed by atoms with van der Waals surface area (Å²) < 4.78 is 1.12. The van der Waals surface area contributed by atoms with Gasteiger partial charge in [0.2, 0.25) is 0 Å². The molecule has 0 unspecified atom stereocenters. The summed E-state index contributed by atoms with van der Waals surface area (Å²) in [4.78, 5) is 7.31. The van der Waals surface area contributed by atoms with E-state index in [2.05, 4.69) is 56.2 Å². The zero-order valence-electron chi connectivity index (χ0n) is 10.8. The highest BCUT2D eigenvalue weighted by Crippen LogP contribution is 2.17. The molecule has 0 amide bonds. The van der Waals surface area contributed by atoms with Gasteiger partial charge in [-0.05, 0) is 36.4 Å². The highest BCUT2D eigenvalue weighted by molar-refractivity contribution is 9.10. The molecule has 0 aliphatic heterocycles. The summed E-state index contributed by atoms with van der Waals surface area (Å²) in [5, 5.41) is 2.44. The maximum atomic E-state index is 4.18. The monoisotopic (exact) mass is 324 g/mol. The van der Waals surface area contributed by atoms with Crippen LogP contribution in [0.2, 0.25) is 0 Å². The second-order valence-corrected chi connectivity index (χ2v) is 5.32. The van der Waals surface area contributed by atoms with Gasteiger partial charge in [0.25, 0.3) is 0 Å². The van der Waals surface area contributed by atoms with Crippen molar-refractivity contribution in [1.82, 2.24) is 9.97 Å². The molecule has 4 aromatic rings. The summed E-state index contributed by atoms with van der Waals surface area (Å²) in [5.74, 6) is 0. The summed E-state index contributed by atoms with van der Waals surface area (Å²) in [6.07, 6.45) is 3.75. The number of aromatic nitrogens is 2. The highest BCUT2D eigenvalue weighted by atomic mass is 79.9. The molecule has 98 valence electrons. The van der Waals surface area contributed by atoms with E-state index in [9.17, 15) is 0 Å². The zero-order chi connectivity index (χ0) is 13.8. The number of hydrogen-bond donors (Lipinski definition) is 1. The van der Waals surface area contributed by atoms with Crippen LogP contribution in [0.4, 0.5) is 0 Å². The lowest BCUT2D eigenvalue weighted by atomic mass is 10.2. The number of rotatable bonds is 0. The predicted octanol–water partition coefficient (Wildman–Crippen LogP) is 5.17. The van der Waals surface area contributed by atoms with E-state index in [0.29, 0.717) is 0 Å². The maximum absolute atomic E-state index is 4.18. The van der Waals surface area contributed by atoms with Crippen molar-refractivity contribution < 1.29 is 0 Å². The summed E-state index contributed by atoms with van der Waals surface area (Å²) in [5.41, 5.74) is 2.24. The lowest BCUT2D eigenvalue weighted by molar-refractivity contribution is 1.41. The first-order chi connectivity index (χ1) is 9.83. The van der Waals surface area contributed by atoms with Crippen LogP contribution >= 0.6 is 15.9 Å². The fourth-order valence-electron chi connectivity index (χ4n) is 2.04. The van der Waals surface area contributed by atoms with Gasteiger partial charge in [0.15, 0.2) is 0 Å². The van der Waals surface area contributed by atoms with Gasteiger partial charge in [0.05, 0.1) is 5.52 Å². The van der Waals surface area contributed by atoms with Crippen molar-refractivity contribution in [2.75, 3.05) is 0 Å². The number of fused-ring (bicyclic) bond motifs is 2. The zero-order valence-corrected chi connectivity index (χ0v) is 12.3. The van der Waals surface area contributed by atoms with Crippen LogP contribution in [0.1, 0.15) is 0 Å². The Morgan fingerprint density at radius 3 is 2.60 bits per heavy atom. The van der Waals surface area contributed by atoms with E-state index in [0.717, 1.165) is 9.99 Å². The molecule has 20 heavy (non-hydrogen) atoms. The van der Waals surface area contributed by atoms with Crippen LogP contribution in [-0.2, 0) is 0 Å². The average molecular weight is 325 g/mol. The molecule has 0 saturated carbocycles. The van der Waals surface area contributed by atoms with Crippen LogP contribution in [0.25, 0.3) is 21.8 Å². The molecular weight excluding hydrogens is 312 g/mol. The van der Waals surface area contributed by atoms with Crippen molar-refractivity contribution in [3.05, 3.63) is 77.5 Å². The first-order valence-corrected chi connectivity index (χ1v) is 7.15. The number of para-hydroxylation sites is 1.